The lowest BCUT2D eigenvalue weighted by atomic mass is 9.86. The van der Waals surface area contributed by atoms with E-state index in [1.54, 1.807) is 6.07 Å². The van der Waals surface area contributed by atoms with Crippen molar-refractivity contribution in [3.8, 4) is 0 Å². The summed E-state index contributed by atoms with van der Waals surface area (Å²) in [5, 5.41) is 11.2. The van der Waals surface area contributed by atoms with Crippen LogP contribution in [0, 0.1) is 16.0 Å². The van der Waals surface area contributed by atoms with Gasteiger partial charge in [0.15, 0.2) is 0 Å². The first-order valence-corrected chi connectivity index (χ1v) is 9.39. The van der Waals surface area contributed by atoms with Gasteiger partial charge in [-0.2, -0.15) is 0 Å². The number of halogens is 1. The Morgan fingerprint density at radius 2 is 1.84 bits per heavy atom. The Balaban J connectivity index is 1.54. The van der Waals surface area contributed by atoms with Crippen molar-refractivity contribution < 1.29 is 9.72 Å². The van der Waals surface area contributed by atoms with Gasteiger partial charge in [-0.1, -0.05) is 30.9 Å². The summed E-state index contributed by atoms with van der Waals surface area (Å²) in [6.07, 6.45) is 6.86. The molecule has 0 bridgehead atoms. The Labute approximate surface area is 152 Å². The molecule has 1 aromatic rings. The van der Waals surface area contributed by atoms with E-state index in [0.717, 1.165) is 5.69 Å². The Bertz CT molecular complexity index is 638. The van der Waals surface area contributed by atoms with E-state index in [1.807, 2.05) is 4.90 Å². The van der Waals surface area contributed by atoms with Crippen molar-refractivity contribution in [2.24, 2.45) is 5.92 Å². The van der Waals surface area contributed by atoms with E-state index >= 15 is 0 Å². The average molecular weight is 366 g/mol. The van der Waals surface area contributed by atoms with Crippen LogP contribution in [0.5, 0.6) is 0 Å². The maximum absolute atomic E-state index is 12.5. The molecule has 1 saturated carbocycles. The highest BCUT2D eigenvalue weighted by Gasteiger charge is 2.25. The topological polar surface area (TPSA) is 66.7 Å². The minimum atomic E-state index is -0.447. The molecular weight excluding hydrogens is 342 g/mol. The van der Waals surface area contributed by atoms with Crippen LogP contribution in [0.4, 0.5) is 11.4 Å². The van der Waals surface area contributed by atoms with Crippen LogP contribution in [0.3, 0.4) is 0 Å². The molecule has 6 nitrogen and oxygen atoms in total. The minimum Gasteiger partial charge on any atom is -0.367 e. The molecule has 0 aromatic heterocycles. The fourth-order valence-electron chi connectivity index (χ4n) is 3.83. The second kappa shape index (κ2) is 8.04. The largest absolute Gasteiger partial charge is 0.367 e. The lowest BCUT2D eigenvalue weighted by Crippen LogP contribution is -2.49. The monoisotopic (exact) mass is 365 g/mol. The van der Waals surface area contributed by atoms with Gasteiger partial charge in [-0.15, -0.1) is 0 Å². The molecule has 1 saturated heterocycles. The molecule has 1 aromatic carbocycles. The molecule has 136 valence electrons. The Kier molecular flexibility index (Phi) is 5.78. The van der Waals surface area contributed by atoms with Gasteiger partial charge in [-0.05, 0) is 24.8 Å². The zero-order valence-electron chi connectivity index (χ0n) is 14.3. The third kappa shape index (κ3) is 4.42. The number of hydrogen-bond acceptors (Lipinski definition) is 4. The first kappa shape index (κ1) is 18.0. The van der Waals surface area contributed by atoms with Crippen LogP contribution in [-0.2, 0) is 4.79 Å². The van der Waals surface area contributed by atoms with Crippen LogP contribution in [0.25, 0.3) is 0 Å². The van der Waals surface area contributed by atoms with Gasteiger partial charge in [0.05, 0.1) is 15.6 Å². The van der Waals surface area contributed by atoms with Crippen molar-refractivity contribution in [3.63, 3.8) is 0 Å². The summed E-state index contributed by atoms with van der Waals surface area (Å²) in [4.78, 5) is 26.9. The number of amides is 1. The quantitative estimate of drug-likeness (QED) is 0.600. The van der Waals surface area contributed by atoms with Gasteiger partial charge in [-0.3, -0.25) is 14.9 Å². The maximum atomic E-state index is 12.5. The van der Waals surface area contributed by atoms with Crippen molar-refractivity contribution in [1.29, 1.82) is 0 Å². The number of benzene rings is 1. The highest BCUT2D eigenvalue weighted by Crippen LogP contribution is 2.31. The summed E-state index contributed by atoms with van der Waals surface area (Å²) in [7, 11) is 0. The third-order valence-electron chi connectivity index (χ3n) is 5.30. The fourth-order valence-corrected chi connectivity index (χ4v) is 4.12. The first-order chi connectivity index (χ1) is 12.0. The van der Waals surface area contributed by atoms with E-state index < -0.39 is 4.92 Å². The Morgan fingerprint density at radius 3 is 2.44 bits per heavy atom. The van der Waals surface area contributed by atoms with Crippen molar-refractivity contribution in [2.75, 3.05) is 31.1 Å². The van der Waals surface area contributed by atoms with E-state index in [1.165, 1.54) is 44.2 Å². The summed E-state index contributed by atoms with van der Waals surface area (Å²) in [5.74, 6) is 0.824. The molecule has 2 aliphatic rings. The number of nitrogens with zero attached hydrogens (tertiary/aromatic N) is 3. The van der Waals surface area contributed by atoms with E-state index in [-0.39, 0.29) is 11.6 Å². The molecule has 0 spiro atoms. The van der Waals surface area contributed by atoms with Crippen LogP contribution in [0.1, 0.15) is 38.5 Å². The van der Waals surface area contributed by atoms with Crippen molar-refractivity contribution >= 4 is 28.9 Å². The number of non-ortho nitro benzene ring substituents is 1. The standard InChI is InChI=1S/C18H24ClN3O3/c19-16-13-15(22(24)25)6-7-17(16)20-8-10-21(11-9-20)18(23)12-14-4-2-1-3-5-14/h6-7,13-14H,1-5,8-12H2. The van der Waals surface area contributed by atoms with Gasteiger partial charge in [0.2, 0.25) is 5.91 Å². The predicted octanol–water partition coefficient (Wildman–Crippen LogP) is 3.87. The van der Waals surface area contributed by atoms with Crippen LogP contribution in [0.15, 0.2) is 18.2 Å². The molecule has 1 heterocycles. The zero-order valence-corrected chi connectivity index (χ0v) is 15.1. The number of carbonyl (C=O) groups is 1. The molecule has 2 fully saturated rings. The van der Waals surface area contributed by atoms with Gasteiger partial charge in [0.1, 0.15) is 0 Å². The number of nitro groups is 1. The van der Waals surface area contributed by atoms with Crippen LogP contribution in [-0.4, -0.2) is 41.9 Å². The van der Waals surface area contributed by atoms with Crippen LogP contribution >= 0.6 is 11.6 Å². The molecule has 0 radical (unpaired) electrons. The fraction of sp³-hybridized carbons (Fsp3) is 0.611. The molecule has 3 rings (SSSR count). The molecule has 0 atom stereocenters. The molecule has 25 heavy (non-hydrogen) atoms. The molecule has 0 N–H and O–H groups in total. The number of piperazine rings is 1. The SMILES string of the molecule is O=C(CC1CCCCC1)N1CCN(c2ccc([N+](=O)[O-])cc2Cl)CC1. The number of carbonyl (C=O) groups excluding carboxylic acids is 1. The molecule has 0 unspecified atom stereocenters. The summed E-state index contributed by atoms with van der Waals surface area (Å²) >= 11 is 6.21. The highest BCUT2D eigenvalue weighted by atomic mass is 35.5. The van der Waals surface area contributed by atoms with E-state index in [4.69, 9.17) is 11.6 Å². The summed E-state index contributed by atoms with van der Waals surface area (Å²) < 4.78 is 0. The highest BCUT2D eigenvalue weighted by molar-refractivity contribution is 6.33. The van der Waals surface area contributed by atoms with Crippen molar-refractivity contribution in [1.82, 2.24) is 4.90 Å². The van der Waals surface area contributed by atoms with Gasteiger partial charge < -0.3 is 9.80 Å². The predicted molar refractivity (Wildman–Crippen MR) is 98.1 cm³/mol. The number of hydrogen-bond donors (Lipinski definition) is 0. The maximum Gasteiger partial charge on any atom is 0.271 e. The molecule has 1 aliphatic heterocycles. The smallest absolute Gasteiger partial charge is 0.271 e. The molecule has 1 aliphatic carbocycles. The Morgan fingerprint density at radius 1 is 1.16 bits per heavy atom. The summed E-state index contributed by atoms with van der Waals surface area (Å²) in [5.41, 5.74) is 0.793. The zero-order chi connectivity index (χ0) is 17.8. The van der Waals surface area contributed by atoms with Crippen molar-refractivity contribution in [2.45, 2.75) is 38.5 Å². The summed E-state index contributed by atoms with van der Waals surface area (Å²) in [6.45, 7) is 2.76. The van der Waals surface area contributed by atoms with Gasteiger partial charge in [0.25, 0.3) is 5.69 Å². The van der Waals surface area contributed by atoms with Gasteiger partial charge >= 0.3 is 0 Å². The Hall–Kier alpha value is -1.82. The lowest BCUT2D eigenvalue weighted by Gasteiger charge is -2.37. The third-order valence-corrected chi connectivity index (χ3v) is 5.61. The van der Waals surface area contributed by atoms with E-state index in [0.29, 0.717) is 43.5 Å². The minimum absolute atomic E-state index is 0.00459. The first-order valence-electron chi connectivity index (χ1n) is 9.01. The van der Waals surface area contributed by atoms with Crippen LogP contribution < -0.4 is 4.90 Å². The van der Waals surface area contributed by atoms with Gasteiger partial charge in [0, 0.05) is 44.7 Å². The summed E-state index contributed by atoms with van der Waals surface area (Å²) in [6, 6.07) is 4.55. The lowest BCUT2D eigenvalue weighted by molar-refractivity contribution is -0.384. The van der Waals surface area contributed by atoms with Crippen molar-refractivity contribution in [3.05, 3.63) is 33.3 Å². The average Bonchev–Trinajstić information content (AvgIpc) is 2.62. The molecule has 7 heteroatoms. The normalized spacial score (nSPS) is 19.1. The molecule has 1 amide bonds. The number of anilines is 1. The second-order valence-corrected chi connectivity index (χ2v) is 7.38. The second-order valence-electron chi connectivity index (χ2n) is 6.97. The molecular formula is C18H24ClN3O3. The number of nitro benzene ring substituents is 1. The van der Waals surface area contributed by atoms with E-state index in [2.05, 4.69) is 4.90 Å². The number of rotatable bonds is 4. The van der Waals surface area contributed by atoms with E-state index in [9.17, 15) is 14.9 Å². The van der Waals surface area contributed by atoms with Crippen LogP contribution in [0.2, 0.25) is 5.02 Å². The van der Waals surface area contributed by atoms with Gasteiger partial charge in [-0.25, -0.2) is 0 Å².